The quantitative estimate of drug-likeness (QED) is 0.246. The number of thiazole rings is 1. The zero-order valence-corrected chi connectivity index (χ0v) is 23.2. The monoisotopic (exact) mass is 579 g/mol. The van der Waals surface area contributed by atoms with Gasteiger partial charge < -0.3 is 33.5 Å². The first-order valence-electron chi connectivity index (χ1n) is 12.1. The molecule has 0 bridgehead atoms. The van der Waals surface area contributed by atoms with E-state index in [9.17, 15) is 29.1 Å². The van der Waals surface area contributed by atoms with E-state index in [0.717, 1.165) is 38.8 Å². The van der Waals surface area contributed by atoms with Gasteiger partial charge in [0.25, 0.3) is 0 Å². The first-order valence-corrected chi connectivity index (χ1v) is 13.0. The molecule has 1 fully saturated rings. The summed E-state index contributed by atoms with van der Waals surface area (Å²) in [4.78, 5) is 64.2. The van der Waals surface area contributed by atoms with E-state index in [0.29, 0.717) is 5.69 Å². The number of phenolic OH excluding ortho intramolecular Hbond substituents is 1. The number of aryl methyl sites for hydroxylation is 1. The number of aromatic hydroxyl groups is 1. The molecule has 0 radical (unpaired) electrons. The Hall–Kier alpha value is -4.04. The minimum atomic E-state index is -1.49. The summed E-state index contributed by atoms with van der Waals surface area (Å²) in [6.45, 7) is 5.86. The molecule has 1 aliphatic heterocycles. The Morgan fingerprint density at radius 2 is 1.55 bits per heavy atom. The number of ketones is 1. The van der Waals surface area contributed by atoms with E-state index in [1.54, 1.807) is 5.38 Å². The highest BCUT2D eigenvalue weighted by Gasteiger charge is 2.53. The highest BCUT2D eigenvalue weighted by molar-refractivity contribution is 7.09. The van der Waals surface area contributed by atoms with Crippen molar-refractivity contribution in [3.05, 3.63) is 39.8 Å². The van der Waals surface area contributed by atoms with Gasteiger partial charge in [0.1, 0.15) is 24.2 Å². The van der Waals surface area contributed by atoms with Crippen molar-refractivity contribution in [2.75, 3.05) is 6.61 Å². The standard InChI is InChI=1S/C26H29NO12S/c1-12-27-17(11-40-12)8-20(32)19-7-6-18(9-21(19)33)38-26-25(37-16(5)31)24(36-15(4)30)23(35-14(3)29)22(39-26)10-34-13(2)28/h6-7,9,11,22-26,33H,8,10H2,1-5H3/t22-,23-,24+,25-,26+/m0/s1. The topological polar surface area (TPSA) is 174 Å². The molecule has 40 heavy (non-hydrogen) atoms. The number of hydrogen-bond acceptors (Lipinski definition) is 14. The van der Waals surface area contributed by atoms with Crippen LogP contribution >= 0.6 is 11.3 Å². The Morgan fingerprint density at radius 1 is 0.925 bits per heavy atom. The number of carbonyl (C=O) groups excluding carboxylic acids is 5. The number of hydrogen-bond donors (Lipinski definition) is 1. The first-order chi connectivity index (χ1) is 18.8. The largest absolute Gasteiger partial charge is 0.507 e. The lowest BCUT2D eigenvalue weighted by molar-refractivity contribution is -0.288. The van der Waals surface area contributed by atoms with E-state index in [2.05, 4.69) is 4.98 Å². The van der Waals surface area contributed by atoms with Gasteiger partial charge in [-0.3, -0.25) is 24.0 Å². The summed E-state index contributed by atoms with van der Waals surface area (Å²) in [5.41, 5.74) is 0.601. The van der Waals surface area contributed by atoms with Crippen LogP contribution in [0.3, 0.4) is 0 Å². The van der Waals surface area contributed by atoms with Crippen LogP contribution in [0.5, 0.6) is 11.5 Å². The summed E-state index contributed by atoms with van der Waals surface area (Å²) >= 11 is 1.40. The van der Waals surface area contributed by atoms with Crippen LogP contribution in [0.2, 0.25) is 0 Å². The first kappa shape index (κ1) is 30.5. The SMILES string of the molecule is CC(=O)OC[C@@H]1O[C@@H](Oc2ccc(C(=O)Cc3csc(C)n3)c(O)c2)[C@@H](OC(C)=O)[C@H](OC(C)=O)[C@H]1OC(C)=O. The average Bonchev–Trinajstić information content (AvgIpc) is 3.25. The fourth-order valence-electron chi connectivity index (χ4n) is 3.99. The van der Waals surface area contributed by atoms with E-state index >= 15 is 0 Å². The number of phenols is 1. The molecule has 0 saturated carbocycles. The molecule has 1 N–H and O–H groups in total. The highest BCUT2D eigenvalue weighted by Crippen LogP contribution is 2.33. The van der Waals surface area contributed by atoms with Gasteiger partial charge in [-0.2, -0.15) is 0 Å². The lowest BCUT2D eigenvalue weighted by Crippen LogP contribution is -2.63. The van der Waals surface area contributed by atoms with Crippen LogP contribution in [-0.4, -0.2) is 77.1 Å². The number of ether oxygens (including phenoxy) is 6. The second-order valence-electron chi connectivity index (χ2n) is 8.82. The molecule has 13 nitrogen and oxygen atoms in total. The van der Waals surface area contributed by atoms with Crippen LogP contribution in [0.15, 0.2) is 23.6 Å². The molecule has 1 aliphatic rings. The number of esters is 4. The second-order valence-corrected chi connectivity index (χ2v) is 9.88. The summed E-state index contributed by atoms with van der Waals surface area (Å²) in [5.74, 6) is -3.77. The molecule has 0 spiro atoms. The normalized spacial score (nSPS) is 22.1. The number of benzene rings is 1. The van der Waals surface area contributed by atoms with Crippen molar-refractivity contribution in [2.24, 2.45) is 0 Å². The van der Waals surface area contributed by atoms with E-state index in [-0.39, 0.29) is 29.3 Å². The summed E-state index contributed by atoms with van der Waals surface area (Å²) in [6.07, 6.45) is -6.91. The summed E-state index contributed by atoms with van der Waals surface area (Å²) < 4.78 is 32.8. The van der Waals surface area contributed by atoms with E-state index in [4.69, 9.17) is 28.4 Å². The molecule has 216 valence electrons. The van der Waals surface area contributed by atoms with Gasteiger partial charge in [0.2, 0.25) is 12.4 Å². The van der Waals surface area contributed by atoms with Crippen LogP contribution in [-0.2, 0) is 49.3 Å². The van der Waals surface area contributed by atoms with Gasteiger partial charge in [0.05, 0.1) is 22.7 Å². The third-order valence-corrected chi connectivity index (χ3v) is 6.30. The van der Waals surface area contributed by atoms with Crippen LogP contribution < -0.4 is 4.74 Å². The second kappa shape index (κ2) is 13.3. The third-order valence-electron chi connectivity index (χ3n) is 5.48. The van der Waals surface area contributed by atoms with Crippen molar-refractivity contribution in [1.29, 1.82) is 0 Å². The van der Waals surface area contributed by atoms with Crippen molar-refractivity contribution in [2.45, 2.75) is 71.7 Å². The third kappa shape index (κ3) is 8.23. The Kier molecular flexibility index (Phi) is 10.2. The minimum absolute atomic E-state index is 0.000507. The number of Topliss-reactive ketones (excluding diaryl/α,β-unsaturated/α-hetero) is 1. The zero-order chi connectivity index (χ0) is 29.6. The van der Waals surface area contributed by atoms with Gasteiger partial charge in [-0.1, -0.05) is 0 Å². The lowest BCUT2D eigenvalue weighted by atomic mass is 9.98. The predicted molar refractivity (Wildman–Crippen MR) is 136 cm³/mol. The predicted octanol–water partition coefficient (Wildman–Crippen LogP) is 2.04. The Bertz CT molecular complexity index is 1270. The van der Waals surface area contributed by atoms with Crippen LogP contribution in [0.25, 0.3) is 0 Å². The molecule has 1 saturated heterocycles. The Morgan fingerprint density at radius 3 is 2.10 bits per heavy atom. The van der Waals surface area contributed by atoms with E-state index < -0.39 is 61.2 Å². The van der Waals surface area contributed by atoms with E-state index in [1.165, 1.54) is 23.5 Å². The summed E-state index contributed by atoms with van der Waals surface area (Å²) in [6, 6.07) is 3.89. The number of aromatic nitrogens is 1. The Balaban J connectivity index is 1.91. The molecule has 14 heteroatoms. The maximum atomic E-state index is 12.7. The van der Waals surface area contributed by atoms with Crippen molar-refractivity contribution in [3.8, 4) is 11.5 Å². The van der Waals surface area contributed by atoms with Crippen LogP contribution in [0.1, 0.15) is 48.8 Å². The van der Waals surface area contributed by atoms with E-state index in [1.807, 2.05) is 6.92 Å². The molecular weight excluding hydrogens is 550 g/mol. The Labute approximate surface area is 233 Å². The molecule has 3 rings (SSSR count). The average molecular weight is 580 g/mol. The fraction of sp³-hybridized carbons (Fsp3) is 0.462. The smallest absolute Gasteiger partial charge is 0.303 e. The van der Waals surface area contributed by atoms with Crippen molar-refractivity contribution < 1.29 is 57.5 Å². The molecule has 2 aromatic rings. The van der Waals surface area contributed by atoms with Crippen LogP contribution in [0, 0.1) is 6.92 Å². The van der Waals surface area contributed by atoms with Gasteiger partial charge in [0.15, 0.2) is 18.0 Å². The van der Waals surface area contributed by atoms with Gasteiger partial charge in [-0.25, -0.2) is 4.98 Å². The van der Waals surface area contributed by atoms with Crippen molar-refractivity contribution in [3.63, 3.8) is 0 Å². The number of nitrogens with zero attached hydrogens (tertiary/aromatic N) is 1. The maximum Gasteiger partial charge on any atom is 0.303 e. The van der Waals surface area contributed by atoms with Crippen molar-refractivity contribution in [1.82, 2.24) is 4.98 Å². The number of rotatable bonds is 10. The molecule has 0 aliphatic carbocycles. The zero-order valence-electron chi connectivity index (χ0n) is 22.4. The molecule has 1 aromatic carbocycles. The van der Waals surface area contributed by atoms with Gasteiger partial charge in [-0.05, 0) is 19.1 Å². The molecule has 0 unspecified atom stereocenters. The molecule has 1 aromatic heterocycles. The fourth-order valence-corrected chi connectivity index (χ4v) is 4.60. The molecular formula is C26H29NO12S. The van der Waals surface area contributed by atoms with Crippen LogP contribution in [0.4, 0.5) is 0 Å². The summed E-state index contributed by atoms with van der Waals surface area (Å²) in [7, 11) is 0. The maximum absolute atomic E-state index is 12.7. The molecule has 0 amide bonds. The van der Waals surface area contributed by atoms with Gasteiger partial charge in [-0.15, -0.1) is 11.3 Å². The number of carbonyl (C=O) groups is 5. The molecule has 5 atom stereocenters. The summed E-state index contributed by atoms with van der Waals surface area (Å²) in [5, 5.41) is 13.1. The van der Waals surface area contributed by atoms with Gasteiger partial charge >= 0.3 is 23.9 Å². The van der Waals surface area contributed by atoms with Crippen molar-refractivity contribution >= 4 is 41.0 Å². The highest BCUT2D eigenvalue weighted by atomic mass is 32.1. The van der Waals surface area contributed by atoms with Gasteiger partial charge in [0, 0.05) is 39.1 Å². The minimum Gasteiger partial charge on any atom is -0.507 e. The lowest BCUT2D eigenvalue weighted by Gasteiger charge is -2.43. The molecule has 2 heterocycles.